The van der Waals surface area contributed by atoms with Crippen LogP contribution in [0.4, 0.5) is 25.2 Å². The van der Waals surface area contributed by atoms with Crippen LogP contribution in [-0.2, 0) is 27.9 Å². The Bertz CT molecular complexity index is 2110. The van der Waals surface area contributed by atoms with Crippen molar-refractivity contribution in [2.75, 3.05) is 14.2 Å². The first kappa shape index (κ1) is 54.3. The first-order valence-electron chi connectivity index (χ1n) is 21.6. The van der Waals surface area contributed by atoms with E-state index in [-0.39, 0.29) is 63.3 Å². The molecule has 1 fully saturated rings. The van der Waals surface area contributed by atoms with Gasteiger partial charge in [0, 0.05) is 63.6 Å². The van der Waals surface area contributed by atoms with Crippen LogP contribution >= 0.6 is 7.81 Å². The number of aliphatic imine (C=N–C) groups is 2. The van der Waals surface area contributed by atoms with Gasteiger partial charge in [0.25, 0.3) is 0 Å². The summed E-state index contributed by atoms with van der Waals surface area (Å²) in [5.74, 6) is 1.96. The molecule has 4 atom stereocenters. The van der Waals surface area contributed by atoms with E-state index in [1.54, 1.807) is 14.2 Å². The Kier molecular flexibility index (Phi) is 17.1. The van der Waals surface area contributed by atoms with Crippen LogP contribution in [0.2, 0.25) is 0 Å². The van der Waals surface area contributed by atoms with Crippen molar-refractivity contribution in [3.8, 4) is 23.0 Å². The fourth-order valence-corrected chi connectivity index (χ4v) is 8.48. The average Bonchev–Trinajstić information content (AvgIpc) is 3.19. The van der Waals surface area contributed by atoms with Gasteiger partial charge < -0.3 is 19.7 Å². The maximum atomic E-state index is 11.9. The number of nitrogens with zero attached hydrogens (tertiary/aromatic N) is 2. The maximum Gasteiger partial charge on any atom is 0 e. The number of phenolic OH excluding ortho intramolecular Hbond substituents is 2. The molecule has 5 rings (SSSR count). The third-order valence-electron chi connectivity index (χ3n) is 12.0. The number of methoxy groups -OCH3 is 2. The summed E-state index contributed by atoms with van der Waals surface area (Å²) in [6.07, 6.45) is 9.19. The molecule has 14 heteroatoms. The van der Waals surface area contributed by atoms with Crippen LogP contribution < -0.4 is 9.47 Å². The van der Waals surface area contributed by atoms with Crippen LogP contribution in [0.1, 0.15) is 161 Å². The van der Waals surface area contributed by atoms with E-state index in [4.69, 9.17) is 19.5 Å². The molecule has 6 nitrogen and oxygen atoms in total. The van der Waals surface area contributed by atoms with Crippen LogP contribution in [-0.4, -0.2) is 48.9 Å². The third kappa shape index (κ3) is 14.7. The first-order chi connectivity index (χ1) is 29.0. The Morgan fingerprint density at radius 2 is 0.922 bits per heavy atom. The minimum Gasteiger partial charge on any atom is 0 e. The summed E-state index contributed by atoms with van der Waals surface area (Å²) in [5.41, 5.74) is 9.95. The molecule has 4 aromatic carbocycles. The van der Waals surface area contributed by atoms with Crippen molar-refractivity contribution in [1.82, 2.24) is 0 Å². The molecule has 2 N–H and O–H groups in total. The minimum absolute atomic E-state index is 0. The topological polar surface area (TPSA) is 83.6 Å². The van der Waals surface area contributed by atoms with Gasteiger partial charge in [-0.3, -0.25) is 9.98 Å². The summed E-state index contributed by atoms with van der Waals surface area (Å²) < 4.78 is 70.9. The maximum absolute atomic E-state index is 11.9. The molecule has 1 aliphatic rings. The number of ether oxygens (including phenoxy) is 2. The van der Waals surface area contributed by atoms with Gasteiger partial charge in [-0.05, 0) is 95.9 Å². The molecule has 0 aliphatic heterocycles. The predicted molar refractivity (Wildman–Crippen MR) is 248 cm³/mol. The van der Waals surface area contributed by atoms with E-state index in [9.17, 15) is 35.4 Å². The van der Waals surface area contributed by atoms with Crippen molar-refractivity contribution < 1.29 is 61.9 Å². The number of halogens is 6. The smallest absolute Gasteiger partial charge is 0 e. The summed E-state index contributed by atoms with van der Waals surface area (Å²) in [5, 5.41) is 23.8. The molecule has 0 spiro atoms. The molecular weight excluding hydrogens is 892 g/mol. The second-order valence-corrected chi connectivity index (χ2v) is 20.6. The minimum atomic E-state index is -10.7. The fraction of sp³-hybridized carbons (Fsp3) is 0.480. The van der Waals surface area contributed by atoms with Crippen molar-refractivity contribution in [2.45, 2.75) is 143 Å². The Hall–Kier alpha value is -4.05. The van der Waals surface area contributed by atoms with Gasteiger partial charge in [-0.25, -0.2) is 0 Å². The van der Waals surface area contributed by atoms with Crippen molar-refractivity contribution in [1.29, 1.82) is 0 Å². The number of benzene rings is 4. The zero-order valence-corrected chi connectivity index (χ0v) is 41.3. The number of hydrogen-bond acceptors (Lipinski definition) is 6. The number of hydrogen-bond donors (Lipinski definition) is 2. The van der Waals surface area contributed by atoms with Gasteiger partial charge in [0.2, 0.25) is 0 Å². The molecular formula is C50H66F6MnN2O4P-. The van der Waals surface area contributed by atoms with Crippen LogP contribution in [0, 0.1) is 13.8 Å². The van der Waals surface area contributed by atoms with Gasteiger partial charge in [0.1, 0.15) is 23.0 Å². The zero-order chi connectivity index (χ0) is 47.4. The van der Waals surface area contributed by atoms with E-state index in [1.807, 2.05) is 38.4 Å². The van der Waals surface area contributed by atoms with E-state index < -0.39 is 7.81 Å². The zero-order valence-electron chi connectivity index (χ0n) is 39.2. The Balaban J connectivity index is 0.00000125. The van der Waals surface area contributed by atoms with Crippen molar-refractivity contribution in [3.63, 3.8) is 0 Å². The monoisotopic (exact) mass is 958 g/mol. The van der Waals surface area contributed by atoms with Gasteiger partial charge in [0.15, 0.2) is 0 Å². The van der Waals surface area contributed by atoms with Gasteiger partial charge in [-0.2, -0.15) is 0 Å². The average molecular weight is 959 g/mol. The quantitative estimate of drug-likeness (QED) is 0.0641. The molecule has 0 unspecified atom stereocenters. The normalized spacial score (nSPS) is 18.0. The summed E-state index contributed by atoms with van der Waals surface area (Å²) in [7, 11) is -7.29. The predicted octanol–water partition coefficient (Wildman–Crippen LogP) is 15.6. The second kappa shape index (κ2) is 20.2. The first-order valence-corrected chi connectivity index (χ1v) is 23.7. The molecule has 1 aliphatic carbocycles. The van der Waals surface area contributed by atoms with E-state index in [2.05, 4.69) is 104 Å². The van der Waals surface area contributed by atoms with E-state index in [0.29, 0.717) is 11.1 Å². The van der Waals surface area contributed by atoms with Gasteiger partial charge in [-0.15, -0.1) is 0 Å². The summed E-state index contributed by atoms with van der Waals surface area (Å²) in [4.78, 5) is 10.2. The molecule has 1 radical (unpaired) electrons. The van der Waals surface area contributed by atoms with Gasteiger partial charge in [0.05, 0.1) is 26.3 Å². The Morgan fingerprint density at radius 3 is 1.17 bits per heavy atom. The number of phenols is 2. The summed E-state index contributed by atoms with van der Waals surface area (Å²) >= 11 is 0. The molecule has 0 saturated heterocycles. The van der Waals surface area contributed by atoms with E-state index in [1.165, 1.54) is 22.3 Å². The van der Waals surface area contributed by atoms with Crippen molar-refractivity contribution in [2.24, 2.45) is 9.98 Å². The molecule has 4 aromatic rings. The second-order valence-electron chi connectivity index (χ2n) is 18.7. The van der Waals surface area contributed by atoms with Crippen LogP contribution in [0.5, 0.6) is 23.0 Å². The fourth-order valence-electron chi connectivity index (χ4n) is 8.48. The molecule has 0 heterocycles. The van der Waals surface area contributed by atoms with Crippen LogP contribution in [0.3, 0.4) is 0 Å². The van der Waals surface area contributed by atoms with Crippen LogP contribution in [0.25, 0.3) is 0 Å². The standard InChI is InChI=1S/C50H66N2O4.F6P.Mn/c1-13-39(33-19-23-37(24-20-33)49(5,6)7)45-31(3)43(55-11)27-35(47(45)53)29-51-41-17-15-16-18-42(41)52-30-36-28-44(56-12)32(4)46(48(36)54)40(14-2)34-21-25-38(26-22-34)50(8,9)10;1-7(2,3,4,5)6;/h19-30,39-42,53-54H,13-18H2,1-12H3;;/q;-1;/t39-,40-,41-,42-;;/m0../s1. The molecule has 64 heavy (non-hydrogen) atoms. The van der Waals surface area contributed by atoms with Crippen molar-refractivity contribution >= 4 is 20.2 Å². The molecule has 0 amide bonds. The Labute approximate surface area is 386 Å². The summed E-state index contributed by atoms with van der Waals surface area (Å²) in [6.45, 7) is 21.7. The molecule has 355 valence electrons. The number of rotatable bonds is 12. The van der Waals surface area contributed by atoms with Crippen molar-refractivity contribution in [3.05, 3.63) is 116 Å². The van der Waals surface area contributed by atoms with E-state index >= 15 is 0 Å². The SMILES string of the molecule is CC[C@@H](c1ccc(C(C)(C)C)cc1)c1c(C)c(OC)cc(C=N[C@H]2CCCC[C@@H]2N=Cc2cc(OC)c(C)c([C@@H](CC)c3ccc(C(C)(C)C)cc3)c2O)c1O.F[P-](F)(F)(F)(F)F.[Mn]. The van der Waals surface area contributed by atoms with Crippen LogP contribution in [0.15, 0.2) is 70.6 Å². The largest absolute Gasteiger partial charge is 0 e. The van der Waals surface area contributed by atoms with E-state index in [0.717, 1.165) is 72.3 Å². The molecule has 0 aromatic heterocycles. The molecule has 1 saturated carbocycles. The molecule has 0 bridgehead atoms. The third-order valence-corrected chi connectivity index (χ3v) is 12.0. The van der Waals surface area contributed by atoms with Gasteiger partial charge in [-0.1, -0.05) is 117 Å². The number of aromatic hydroxyl groups is 2. The van der Waals surface area contributed by atoms with Gasteiger partial charge >= 0.3 is 33.0 Å². The summed E-state index contributed by atoms with van der Waals surface area (Å²) in [6, 6.07) is 21.3. The Morgan fingerprint density at radius 1 is 0.625 bits per heavy atom.